The fraction of sp³-hybridized carbons (Fsp3) is 0.333. The average Bonchev–Trinajstić information content (AvgIpc) is 2.33. The van der Waals surface area contributed by atoms with E-state index in [0.29, 0.717) is 6.41 Å². The van der Waals surface area contributed by atoms with Crippen LogP contribution in [0.15, 0.2) is 12.3 Å². The third-order valence-corrected chi connectivity index (χ3v) is 1.65. The number of nitrogens with zero attached hydrogens (tertiary/aromatic N) is 2. The van der Waals surface area contributed by atoms with E-state index in [1.54, 1.807) is 0 Å². The summed E-state index contributed by atoms with van der Waals surface area (Å²) < 4.78 is 41.5. The van der Waals surface area contributed by atoms with Crippen molar-refractivity contribution >= 4 is 12.2 Å². The maximum Gasteiger partial charge on any atom is 0.451 e. The van der Waals surface area contributed by atoms with E-state index in [1.807, 2.05) is 0 Å². The summed E-state index contributed by atoms with van der Waals surface area (Å²) in [6.07, 6.45) is -3.48. The highest BCUT2D eigenvalue weighted by Gasteiger charge is 2.34. The van der Waals surface area contributed by atoms with Gasteiger partial charge in [-0.3, -0.25) is 9.59 Å². The third-order valence-electron chi connectivity index (χ3n) is 1.65. The maximum atomic E-state index is 12.2. The fourth-order valence-corrected chi connectivity index (χ4v) is 0.920. The number of carbonyl (C=O) groups excluding carboxylic acids is 2. The van der Waals surface area contributed by atoms with Crippen LogP contribution in [0.2, 0.25) is 0 Å². The summed E-state index contributed by atoms with van der Waals surface area (Å²) in [6.45, 7) is -0.754. The molecule has 6 nitrogen and oxygen atoms in total. The SMILES string of the molecule is O=CNCC(=O)COc1ccnc(C(F)(F)F)n1. The molecule has 0 saturated carbocycles. The predicted octanol–water partition coefficient (Wildman–Crippen LogP) is 0.189. The monoisotopic (exact) mass is 263 g/mol. The first-order valence-corrected chi connectivity index (χ1v) is 4.65. The predicted molar refractivity (Wildman–Crippen MR) is 51.6 cm³/mol. The lowest BCUT2D eigenvalue weighted by Crippen LogP contribution is -2.26. The number of hydrogen-bond acceptors (Lipinski definition) is 5. The summed E-state index contributed by atoms with van der Waals surface area (Å²) in [5, 5.41) is 2.10. The van der Waals surface area contributed by atoms with Gasteiger partial charge in [0, 0.05) is 12.3 Å². The van der Waals surface area contributed by atoms with E-state index in [1.165, 1.54) is 0 Å². The Morgan fingerprint density at radius 3 is 2.83 bits per heavy atom. The first kappa shape index (κ1) is 13.9. The van der Waals surface area contributed by atoms with Gasteiger partial charge in [0.05, 0.1) is 6.54 Å². The molecule has 1 rings (SSSR count). The zero-order chi connectivity index (χ0) is 13.6. The van der Waals surface area contributed by atoms with Gasteiger partial charge in [-0.1, -0.05) is 0 Å². The number of ether oxygens (including phenoxy) is 1. The van der Waals surface area contributed by atoms with Gasteiger partial charge in [-0.05, 0) is 0 Å². The summed E-state index contributed by atoms with van der Waals surface area (Å²) in [5.74, 6) is -2.22. The van der Waals surface area contributed by atoms with Crippen LogP contribution in [0.4, 0.5) is 13.2 Å². The van der Waals surface area contributed by atoms with Gasteiger partial charge in [-0.15, -0.1) is 0 Å². The molecule has 1 aromatic heterocycles. The van der Waals surface area contributed by atoms with Crippen molar-refractivity contribution in [2.45, 2.75) is 6.18 Å². The van der Waals surface area contributed by atoms with Crippen LogP contribution in [0.5, 0.6) is 5.88 Å². The molecule has 0 radical (unpaired) electrons. The number of nitrogens with one attached hydrogen (secondary N) is 1. The van der Waals surface area contributed by atoms with Gasteiger partial charge in [0.1, 0.15) is 6.61 Å². The van der Waals surface area contributed by atoms with Crippen molar-refractivity contribution in [2.24, 2.45) is 0 Å². The van der Waals surface area contributed by atoms with Gasteiger partial charge in [0.2, 0.25) is 18.1 Å². The van der Waals surface area contributed by atoms with E-state index in [2.05, 4.69) is 15.3 Å². The lowest BCUT2D eigenvalue weighted by molar-refractivity contribution is -0.145. The quantitative estimate of drug-likeness (QED) is 0.741. The second-order valence-corrected chi connectivity index (χ2v) is 3.04. The van der Waals surface area contributed by atoms with Crippen molar-refractivity contribution in [3.63, 3.8) is 0 Å². The summed E-state index contributed by atoms with van der Waals surface area (Å²) in [7, 11) is 0. The highest BCUT2D eigenvalue weighted by Crippen LogP contribution is 2.26. The molecule has 0 aliphatic rings. The van der Waals surface area contributed by atoms with Crippen LogP contribution in [0.3, 0.4) is 0 Å². The Bertz CT molecular complexity index is 437. The first-order chi connectivity index (χ1) is 8.43. The van der Waals surface area contributed by atoms with E-state index >= 15 is 0 Å². The minimum absolute atomic E-state index is 0.263. The smallest absolute Gasteiger partial charge is 0.451 e. The molecule has 0 atom stereocenters. The number of Topliss-reactive ketones (excluding diaryl/α,β-unsaturated/α-hetero) is 1. The molecule has 98 valence electrons. The molecular formula is C9H8F3N3O3. The van der Waals surface area contributed by atoms with E-state index < -0.39 is 24.4 Å². The van der Waals surface area contributed by atoms with E-state index in [4.69, 9.17) is 4.74 Å². The van der Waals surface area contributed by atoms with Crippen LogP contribution in [0.1, 0.15) is 5.82 Å². The number of carbonyl (C=O) groups is 2. The topological polar surface area (TPSA) is 81.2 Å². The van der Waals surface area contributed by atoms with Gasteiger partial charge in [-0.25, -0.2) is 4.98 Å². The number of rotatable bonds is 6. The lowest BCUT2D eigenvalue weighted by atomic mass is 10.4. The lowest BCUT2D eigenvalue weighted by Gasteiger charge is -2.07. The largest absolute Gasteiger partial charge is 0.469 e. The zero-order valence-electron chi connectivity index (χ0n) is 8.90. The van der Waals surface area contributed by atoms with Crippen LogP contribution in [0, 0.1) is 0 Å². The minimum atomic E-state index is -4.68. The van der Waals surface area contributed by atoms with Crippen LogP contribution >= 0.6 is 0 Å². The van der Waals surface area contributed by atoms with E-state index in [9.17, 15) is 22.8 Å². The Morgan fingerprint density at radius 1 is 1.50 bits per heavy atom. The van der Waals surface area contributed by atoms with E-state index in [-0.39, 0.29) is 12.4 Å². The highest BCUT2D eigenvalue weighted by molar-refractivity contribution is 5.83. The molecule has 1 N–H and O–H groups in total. The molecule has 9 heteroatoms. The molecule has 1 amide bonds. The Labute approximate surface area is 99.2 Å². The molecule has 1 aromatic rings. The van der Waals surface area contributed by atoms with Crippen molar-refractivity contribution in [3.05, 3.63) is 18.1 Å². The average molecular weight is 263 g/mol. The molecule has 0 fully saturated rings. The van der Waals surface area contributed by atoms with Crippen molar-refractivity contribution in [3.8, 4) is 5.88 Å². The fourth-order valence-electron chi connectivity index (χ4n) is 0.920. The van der Waals surface area contributed by atoms with Crippen molar-refractivity contribution in [1.29, 1.82) is 0 Å². The molecule has 0 saturated heterocycles. The Balaban J connectivity index is 2.58. The number of ketones is 1. The Kier molecular flexibility index (Phi) is 4.58. The Hall–Kier alpha value is -2.19. The number of hydrogen-bond donors (Lipinski definition) is 1. The molecule has 1 heterocycles. The maximum absolute atomic E-state index is 12.2. The van der Waals surface area contributed by atoms with Crippen molar-refractivity contribution in [2.75, 3.05) is 13.2 Å². The van der Waals surface area contributed by atoms with Gasteiger partial charge >= 0.3 is 6.18 Å². The number of aromatic nitrogens is 2. The molecule has 0 unspecified atom stereocenters. The minimum Gasteiger partial charge on any atom is -0.469 e. The first-order valence-electron chi connectivity index (χ1n) is 4.65. The zero-order valence-corrected chi connectivity index (χ0v) is 8.90. The number of alkyl halides is 3. The molecule has 18 heavy (non-hydrogen) atoms. The third kappa shape index (κ3) is 4.36. The second-order valence-electron chi connectivity index (χ2n) is 3.04. The second kappa shape index (κ2) is 5.94. The summed E-state index contributed by atoms with van der Waals surface area (Å²) >= 11 is 0. The standard InChI is InChI=1S/C9H8F3N3O3/c10-9(11,12)8-14-2-1-7(15-8)18-4-6(17)3-13-5-16/h1-2,5H,3-4H2,(H,13,16). The van der Waals surface area contributed by atoms with Crippen LogP contribution in [-0.2, 0) is 15.8 Å². The number of halogens is 3. The normalized spacial score (nSPS) is 10.8. The molecule has 0 aliphatic heterocycles. The molecule has 0 bridgehead atoms. The molecule has 0 aliphatic carbocycles. The summed E-state index contributed by atoms with van der Waals surface area (Å²) in [6, 6.07) is 1.09. The van der Waals surface area contributed by atoms with Gasteiger partial charge in [0.25, 0.3) is 0 Å². The van der Waals surface area contributed by atoms with Crippen LogP contribution in [0.25, 0.3) is 0 Å². The summed E-state index contributed by atoms with van der Waals surface area (Å²) in [5.41, 5.74) is 0. The van der Waals surface area contributed by atoms with Crippen molar-refractivity contribution in [1.82, 2.24) is 15.3 Å². The van der Waals surface area contributed by atoms with Crippen molar-refractivity contribution < 1.29 is 27.5 Å². The Morgan fingerprint density at radius 2 is 2.22 bits per heavy atom. The van der Waals surface area contributed by atoms with Gasteiger partial charge < -0.3 is 10.1 Å². The number of amides is 1. The van der Waals surface area contributed by atoms with Crippen LogP contribution in [-0.4, -0.2) is 35.3 Å². The van der Waals surface area contributed by atoms with E-state index in [0.717, 1.165) is 12.3 Å². The molecule has 0 spiro atoms. The van der Waals surface area contributed by atoms with Gasteiger partial charge in [-0.2, -0.15) is 18.2 Å². The van der Waals surface area contributed by atoms with Gasteiger partial charge in [0.15, 0.2) is 5.78 Å². The summed E-state index contributed by atoms with van der Waals surface area (Å²) in [4.78, 5) is 27.1. The molecule has 0 aromatic carbocycles. The highest BCUT2D eigenvalue weighted by atomic mass is 19.4. The molecular weight excluding hydrogens is 255 g/mol. The van der Waals surface area contributed by atoms with Crippen LogP contribution < -0.4 is 10.1 Å².